The Morgan fingerprint density at radius 3 is 2.53 bits per heavy atom. The number of hydrogen-bond donors (Lipinski definition) is 0. The van der Waals surface area contributed by atoms with E-state index in [1.165, 1.54) is 0 Å². The minimum atomic E-state index is -0.330. The molecule has 0 aromatic carbocycles. The van der Waals surface area contributed by atoms with Crippen molar-refractivity contribution in [2.24, 2.45) is 0 Å². The Balaban J connectivity index is 2.95. The lowest BCUT2D eigenvalue weighted by Gasteiger charge is -2.50. The number of ether oxygens (including phenoxy) is 2. The van der Waals surface area contributed by atoms with Gasteiger partial charge in [-0.3, -0.25) is 0 Å². The molecule has 90 valence electrons. The van der Waals surface area contributed by atoms with Crippen LogP contribution in [0.1, 0.15) is 27.2 Å². The van der Waals surface area contributed by atoms with Gasteiger partial charge in [-0.05, 0) is 13.8 Å². The van der Waals surface area contributed by atoms with E-state index in [1.54, 1.807) is 7.11 Å². The Morgan fingerprint density at radius 1 is 1.33 bits per heavy atom. The zero-order chi connectivity index (χ0) is 11.4. The molecule has 0 spiro atoms. The fraction of sp³-hybridized carbons (Fsp3) is 1.00. The van der Waals surface area contributed by atoms with E-state index in [2.05, 4.69) is 13.8 Å². The summed E-state index contributed by atoms with van der Waals surface area (Å²) in [7, 11) is 1.75. The van der Waals surface area contributed by atoms with Crippen LogP contribution in [0, 0.1) is 0 Å². The van der Waals surface area contributed by atoms with Crippen LogP contribution in [-0.2, 0) is 14.3 Å². The minimum Gasteiger partial charge on any atom is -0.366 e. The van der Waals surface area contributed by atoms with E-state index in [0.29, 0.717) is 17.9 Å². The number of nitrogens with zero attached hydrogens (tertiary/aromatic N) is 1. The summed E-state index contributed by atoms with van der Waals surface area (Å²) >= 11 is 0. The van der Waals surface area contributed by atoms with Crippen molar-refractivity contribution in [3.63, 3.8) is 0 Å². The molecule has 15 heavy (non-hydrogen) atoms. The van der Waals surface area contributed by atoms with Crippen molar-refractivity contribution in [2.75, 3.05) is 40.0 Å². The second kappa shape index (κ2) is 5.25. The number of morpholine rings is 1. The summed E-state index contributed by atoms with van der Waals surface area (Å²) in [4.78, 5) is 5.95. The monoisotopic (exact) mass is 218 g/mol. The molecule has 1 saturated heterocycles. The van der Waals surface area contributed by atoms with Crippen molar-refractivity contribution in [1.82, 2.24) is 0 Å². The topological polar surface area (TPSA) is 27.7 Å². The Kier molecular flexibility index (Phi) is 4.52. The Hall–Kier alpha value is -0.160. The number of likely N-dealkylation sites (N-methyl/N-ethyl adjacent to an activating group) is 1. The highest BCUT2D eigenvalue weighted by Gasteiger charge is 2.54. The van der Waals surface area contributed by atoms with Crippen LogP contribution in [0.5, 0.6) is 0 Å². The molecule has 4 heteroatoms. The highest BCUT2D eigenvalue weighted by atomic mass is 16.8. The fourth-order valence-corrected chi connectivity index (χ4v) is 2.49. The first-order chi connectivity index (χ1) is 7.20. The number of hydroxylamine groups is 3. The van der Waals surface area contributed by atoms with E-state index >= 15 is 0 Å². The van der Waals surface area contributed by atoms with E-state index in [9.17, 15) is 0 Å². The summed E-state index contributed by atoms with van der Waals surface area (Å²) in [5.74, 6) is 0. The molecule has 0 saturated carbocycles. The zero-order valence-corrected chi connectivity index (χ0v) is 10.4. The quantitative estimate of drug-likeness (QED) is 0.655. The first kappa shape index (κ1) is 12.9. The largest absolute Gasteiger partial charge is 0.366 e. The zero-order valence-electron chi connectivity index (χ0n) is 10.4. The maximum absolute atomic E-state index is 5.95. The molecule has 2 atom stereocenters. The average Bonchev–Trinajstić information content (AvgIpc) is 2.30. The van der Waals surface area contributed by atoms with Gasteiger partial charge in [-0.2, -0.15) is 0 Å². The van der Waals surface area contributed by atoms with E-state index in [-0.39, 0.29) is 5.72 Å². The summed E-state index contributed by atoms with van der Waals surface area (Å²) in [6, 6.07) is 0. The predicted molar refractivity (Wildman–Crippen MR) is 58.1 cm³/mol. The van der Waals surface area contributed by atoms with Gasteiger partial charge in [-0.15, -0.1) is 4.65 Å². The first-order valence-electron chi connectivity index (χ1n) is 5.85. The molecular formula is C11H24NO3+. The highest BCUT2D eigenvalue weighted by Crippen LogP contribution is 2.33. The number of hydrogen-bond acceptors (Lipinski definition) is 3. The van der Waals surface area contributed by atoms with E-state index in [1.807, 2.05) is 6.92 Å². The van der Waals surface area contributed by atoms with E-state index in [0.717, 1.165) is 26.1 Å². The Morgan fingerprint density at radius 2 is 2.07 bits per heavy atom. The van der Waals surface area contributed by atoms with Crippen LogP contribution in [0.3, 0.4) is 0 Å². The maximum atomic E-state index is 5.95. The molecule has 0 aromatic rings. The summed E-state index contributed by atoms with van der Waals surface area (Å²) in [6.45, 7) is 10.2. The van der Waals surface area contributed by atoms with Gasteiger partial charge in [0.05, 0.1) is 6.61 Å². The lowest BCUT2D eigenvalue weighted by molar-refractivity contribution is -1.16. The molecule has 0 bridgehead atoms. The highest BCUT2D eigenvalue weighted by molar-refractivity contribution is 4.70. The normalized spacial score (nSPS) is 36.8. The second-order valence-corrected chi connectivity index (χ2v) is 3.90. The molecule has 1 fully saturated rings. The smallest absolute Gasteiger partial charge is 0.256 e. The third-order valence-corrected chi connectivity index (χ3v) is 3.49. The molecule has 2 unspecified atom stereocenters. The molecule has 1 rings (SSSR count). The average molecular weight is 218 g/mol. The van der Waals surface area contributed by atoms with Gasteiger partial charge in [0.2, 0.25) is 0 Å². The minimum absolute atomic E-state index is 0.330. The van der Waals surface area contributed by atoms with Crippen molar-refractivity contribution in [2.45, 2.75) is 32.9 Å². The summed E-state index contributed by atoms with van der Waals surface area (Å²) in [5.41, 5.74) is -0.330. The molecule has 1 aliphatic rings. The molecular weight excluding hydrogens is 194 g/mol. The molecule has 0 N–H and O–H groups in total. The van der Waals surface area contributed by atoms with Crippen LogP contribution in [-0.4, -0.2) is 50.4 Å². The number of quaternary nitrogens is 1. The van der Waals surface area contributed by atoms with Crippen molar-refractivity contribution < 1.29 is 19.0 Å². The Labute approximate surface area is 92.6 Å². The molecule has 0 radical (unpaired) electrons. The predicted octanol–water partition coefficient (Wildman–Crippen LogP) is 1.56. The third-order valence-electron chi connectivity index (χ3n) is 3.49. The summed E-state index contributed by atoms with van der Waals surface area (Å²) in [6.07, 6.45) is 0.900. The van der Waals surface area contributed by atoms with Crippen LogP contribution in [0.4, 0.5) is 0 Å². The fourth-order valence-electron chi connectivity index (χ4n) is 2.49. The standard InChI is InChI=1S/C11H24NO3/c1-5-11(13-4)10-14-9-8-12(11,6-2)15-7-3/h5-10H2,1-4H3/q+1. The van der Waals surface area contributed by atoms with Gasteiger partial charge >= 0.3 is 0 Å². The van der Waals surface area contributed by atoms with Gasteiger partial charge < -0.3 is 9.47 Å². The lowest BCUT2D eigenvalue weighted by atomic mass is 10.1. The third kappa shape index (κ3) is 2.04. The molecule has 4 nitrogen and oxygen atoms in total. The molecule has 0 amide bonds. The van der Waals surface area contributed by atoms with Crippen LogP contribution in [0.25, 0.3) is 0 Å². The van der Waals surface area contributed by atoms with Crippen LogP contribution in [0.15, 0.2) is 0 Å². The first-order valence-corrected chi connectivity index (χ1v) is 5.85. The van der Waals surface area contributed by atoms with Gasteiger partial charge in [0.15, 0.2) is 0 Å². The molecule has 1 heterocycles. The van der Waals surface area contributed by atoms with Crippen molar-refractivity contribution >= 4 is 0 Å². The van der Waals surface area contributed by atoms with Gasteiger partial charge in [0, 0.05) is 13.5 Å². The van der Waals surface area contributed by atoms with Crippen molar-refractivity contribution in [1.29, 1.82) is 0 Å². The van der Waals surface area contributed by atoms with E-state index < -0.39 is 0 Å². The van der Waals surface area contributed by atoms with E-state index in [4.69, 9.17) is 14.3 Å². The molecule has 0 aromatic heterocycles. The maximum Gasteiger partial charge on any atom is 0.256 e. The van der Waals surface area contributed by atoms with Crippen LogP contribution < -0.4 is 0 Å². The van der Waals surface area contributed by atoms with Gasteiger partial charge in [-0.25, -0.2) is 4.84 Å². The van der Waals surface area contributed by atoms with Crippen molar-refractivity contribution in [3.8, 4) is 0 Å². The Bertz CT molecular complexity index is 190. The van der Waals surface area contributed by atoms with Gasteiger partial charge in [0.25, 0.3) is 5.72 Å². The number of methoxy groups -OCH3 is 1. The summed E-state index contributed by atoms with van der Waals surface area (Å²) < 4.78 is 11.8. The summed E-state index contributed by atoms with van der Waals surface area (Å²) in [5, 5.41) is 0. The van der Waals surface area contributed by atoms with Crippen LogP contribution in [0.2, 0.25) is 0 Å². The second-order valence-electron chi connectivity index (χ2n) is 3.90. The van der Waals surface area contributed by atoms with Crippen LogP contribution >= 0.6 is 0 Å². The molecule has 0 aliphatic carbocycles. The van der Waals surface area contributed by atoms with Crippen molar-refractivity contribution in [3.05, 3.63) is 0 Å². The lowest BCUT2D eigenvalue weighted by Crippen LogP contribution is -2.70. The SMILES string of the molecule is CCO[N+]1(CC)CCOCC1(CC)OC. The van der Waals surface area contributed by atoms with Gasteiger partial charge in [0.1, 0.15) is 26.3 Å². The van der Waals surface area contributed by atoms with Gasteiger partial charge in [-0.1, -0.05) is 6.92 Å². The number of rotatable bonds is 5. The molecule has 1 aliphatic heterocycles.